The molecule has 1 saturated heterocycles. The van der Waals surface area contributed by atoms with Crippen LogP contribution in [-0.2, 0) is 16.1 Å². The lowest BCUT2D eigenvalue weighted by Gasteiger charge is -2.35. The normalized spacial score (nSPS) is 13.5. The van der Waals surface area contributed by atoms with Crippen molar-refractivity contribution in [3.05, 3.63) is 78.1 Å². The van der Waals surface area contributed by atoms with Gasteiger partial charge < -0.3 is 24.5 Å². The van der Waals surface area contributed by atoms with E-state index in [1.807, 2.05) is 42.5 Å². The number of pyridine rings is 1. The van der Waals surface area contributed by atoms with Crippen LogP contribution in [0.15, 0.2) is 67.0 Å². The van der Waals surface area contributed by atoms with Crippen LogP contribution in [0.4, 0.5) is 16.2 Å². The second-order valence-corrected chi connectivity index (χ2v) is 9.45. The fourth-order valence-corrected chi connectivity index (χ4v) is 4.52. The van der Waals surface area contributed by atoms with Crippen LogP contribution in [0.1, 0.15) is 22.3 Å². The number of carboxylic acid groups (broad SMARTS) is 1. The van der Waals surface area contributed by atoms with Gasteiger partial charge in [0.2, 0.25) is 0 Å². The summed E-state index contributed by atoms with van der Waals surface area (Å²) in [5, 5.41) is 12.1. The van der Waals surface area contributed by atoms with Crippen molar-refractivity contribution < 1.29 is 24.2 Å². The van der Waals surface area contributed by atoms with Crippen molar-refractivity contribution in [1.82, 2.24) is 14.8 Å². The van der Waals surface area contributed by atoms with E-state index in [1.54, 1.807) is 18.3 Å². The molecule has 0 unspecified atom stereocenters. The third-order valence-electron chi connectivity index (χ3n) is 6.69. The Labute approximate surface area is 227 Å². The number of nitrogens with one attached hydrogen (secondary N) is 1. The zero-order chi connectivity index (χ0) is 27.8. The van der Waals surface area contributed by atoms with E-state index in [0.29, 0.717) is 11.3 Å². The predicted molar refractivity (Wildman–Crippen MR) is 149 cm³/mol. The highest BCUT2D eigenvalue weighted by atomic mass is 16.5. The number of hydrogen-bond donors (Lipinski definition) is 2. The molecule has 0 aliphatic carbocycles. The molecule has 2 N–H and O–H groups in total. The van der Waals surface area contributed by atoms with E-state index >= 15 is 0 Å². The van der Waals surface area contributed by atoms with Gasteiger partial charge >= 0.3 is 12.1 Å². The number of methoxy groups -OCH3 is 1. The molecule has 10 heteroatoms. The first-order chi connectivity index (χ1) is 18.8. The van der Waals surface area contributed by atoms with Crippen molar-refractivity contribution in [1.29, 1.82) is 0 Å². The lowest BCUT2D eigenvalue weighted by Crippen LogP contribution is -2.44. The number of hydrogen-bond acceptors (Lipinski definition) is 7. The molecule has 0 bridgehead atoms. The van der Waals surface area contributed by atoms with Crippen molar-refractivity contribution in [2.45, 2.75) is 13.0 Å². The summed E-state index contributed by atoms with van der Waals surface area (Å²) in [5.74, 6) is -1.25. The summed E-state index contributed by atoms with van der Waals surface area (Å²) in [7, 11) is 3.43. The number of rotatable bonds is 9. The number of likely N-dealkylation sites (N-methyl/N-ethyl adjacent to an activating group) is 1. The summed E-state index contributed by atoms with van der Waals surface area (Å²) >= 11 is 0. The van der Waals surface area contributed by atoms with E-state index in [1.165, 1.54) is 18.2 Å². The van der Waals surface area contributed by atoms with E-state index in [0.717, 1.165) is 48.6 Å². The predicted octanol–water partition coefficient (Wildman–Crippen LogP) is 3.80. The second-order valence-electron chi connectivity index (χ2n) is 9.45. The fraction of sp³-hybridized carbons (Fsp3) is 0.310. The van der Waals surface area contributed by atoms with Crippen molar-refractivity contribution in [3.8, 4) is 11.1 Å². The molecule has 39 heavy (non-hydrogen) atoms. The van der Waals surface area contributed by atoms with E-state index < -0.39 is 12.1 Å². The van der Waals surface area contributed by atoms with Crippen LogP contribution in [0.5, 0.6) is 0 Å². The molecule has 2 amide bonds. The maximum Gasteiger partial charge on any atom is 0.411 e. The summed E-state index contributed by atoms with van der Waals surface area (Å²) in [6.07, 6.45) is 2.35. The SMILES string of the molecule is COC(=O)Nc1cc(-c2cccc(CN(CCC(=O)O)C(=O)c3cccnc3)c2)ccc1N1CCN(C)CC1. The maximum absolute atomic E-state index is 13.1. The van der Waals surface area contributed by atoms with E-state index in [4.69, 9.17) is 4.74 Å². The zero-order valence-electron chi connectivity index (χ0n) is 22.2. The molecule has 1 fully saturated rings. The van der Waals surface area contributed by atoms with Crippen LogP contribution >= 0.6 is 0 Å². The van der Waals surface area contributed by atoms with Crippen molar-refractivity contribution in [3.63, 3.8) is 0 Å². The molecule has 0 atom stereocenters. The highest BCUT2D eigenvalue weighted by Crippen LogP contribution is 2.33. The standard InChI is InChI=1S/C29H33N5O5/c1-32-13-15-33(16-14-32)26-9-8-23(18-25(26)31-29(38)39-2)22-6-3-5-21(17-22)20-34(12-10-27(35)36)28(37)24-7-4-11-30-19-24/h3-9,11,17-19H,10,12-16,20H2,1-2H3,(H,31,38)(H,35,36). The minimum atomic E-state index is -0.973. The molecular weight excluding hydrogens is 498 g/mol. The van der Waals surface area contributed by atoms with Crippen LogP contribution in [0, 0.1) is 0 Å². The average Bonchev–Trinajstić information content (AvgIpc) is 2.96. The van der Waals surface area contributed by atoms with Gasteiger partial charge in [-0.05, 0) is 54.1 Å². The summed E-state index contributed by atoms with van der Waals surface area (Å²) in [5.41, 5.74) is 4.62. The molecule has 0 saturated carbocycles. The Morgan fingerprint density at radius 1 is 1.03 bits per heavy atom. The Morgan fingerprint density at radius 3 is 2.49 bits per heavy atom. The number of aliphatic carboxylic acids is 1. The molecule has 2 heterocycles. The monoisotopic (exact) mass is 531 g/mol. The molecular formula is C29H33N5O5. The maximum atomic E-state index is 13.1. The number of carboxylic acids is 1. The number of nitrogens with zero attached hydrogens (tertiary/aromatic N) is 4. The van der Waals surface area contributed by atoms with Gasteiger partial charge in [-0.2, -0.15) is 0 Å². The van der Waals surface area contributed by atoms with Gasteiger partial charge in [-0.1, -0.05) is 24.3 Å². The molecule has 0 radical (unpaired) electrons. The Hall–Kier alpha value is -4.44. The summed E-state index contributed by atoms with van der Waals surface area (Å²) in [4.78, 5) is 46.6. The number of benzene rings is 2. The molecule has 1 aliphatic heterocycles. The second kappa shape index (κ2) is 12.9. The summed E-state index contributed by atoms with van der Waals surface area (Å²) < 4.78 is 4.86. The lowest BCUT2D eigenvalue weighted by atomic mass is 10.0. The first-order valence-electron chi connectivity index (χ1n) is 12.8. The van der Waals surface area contributed by atoms with Gasteiger partial charge in [0.05, 0.1) is 30.5 Å². The largest absolute Gasteiger partial charge is 0.481 e. The van der Waals surface area contributed by atoms with Crippen LogP contribution < -0.4 is 10.2 Å². The van der Waals surface area contributed by atoms with Crippen LogP contribution in [0.3, 0.4) is 0 Å². The number of amides is 2. The van der Waals surface area contributed by atoms with Gasteiger partial charge in [-0.25, -0.2) is 4.79 Å². The molecule has 2 aromatic carbocycles. The van der Waals surface area contributed by atoms with Crippen molar-refractivity contribution >= 4 is 29.3 Å². The molecule has 1 aromatic heterocycles. The topological polar surface area (TPSA) is 115 Å². The number of aromatic nitrogens is 1. The third kappa shape index (κ3) is 7.32. The van der Waals surface area contributed by atoms with Gasteiger partial charge in [0.1, 0.15) is 0 Å². The number of ether oxygens (including phenoxy) is 1. The molecule has 4 rings (SSSR count). The number of piperazine rings is 1. The smallest absolute Gasteiger partial charge is 0.411 e. The fourth-order valence-electron chi connectivity index (χ4n) is 4.52. The first-order valence-corrected chi connectivity index (χ1v) is 12.8. The van der Waals surface area contributed by atoms with E-state index in [9.17, 15) is 19.5 Å². The van der Waals surface area contributed by atoms with E-state index in [-0.39, 0.29) is 25.4 Å². The number of carbonyl (C=O) groups excluding carboxylic acids is 2. The van der Waals surface area contributed by atoms with Crippen molar-refractivity contribution in [2.24, 2.45) is 0 Å². The van der Waals surface area contributed by atoms with E-state index in [2.05, 4.69) is 27.1 Å². The molecule has 1 aliphatic rings. The Morgan fingerprint density at radius 2 is 1.79 bits per heavy atom. The van der Waals surface area contributed by atoms with Crippen LogP contribution in [0.2, 0.25) is 0 Å². The summed E-state index contributed by atoms with van der Waals surface area (Å²) in [6.45, 7) is 3.85. The lowest BCUT2D eigenvalue weighted by molar-refractivity contribution is -0.137. The Kier molecular flexibility index (Phi) is 9.11. The quantitative estimate of drug-likeness (QED) is 0.429. The third-order valence-corrected chi connectivity index (χ3v) is 6.69. The highest BCUT2D eigenvalue weighted by Gasteiger charge is 2.20. The van der Waals surface area contributed by atoms with Gasteiger partial charge in [0, 0.05) is 51.7 Å². The minimum Gasteiger partial charge on any atom is -0.481 e. The number of anilines is 2. The molecule has 3 aromatic rings. The zero-order valence-corrected chi connectivity index (χ0v) is 22.2. The molecule has 0 spiro atoms. The Balaban J connectivity index is 1.60. The Bertz CT molecular complexity index is 1310. The molecule has 10 nitrogen and oxygen atoms in total. The van der Waals surface area contributed by atoms with Crippen LogP contribution in [-0.4, -0.2) is 84.7 Å². The highest BCUT2D eigenvalue weighted by molar-refractivity contribution is 5.94. The van der Waals surface area contributed by atoms with Crippen LogP contribution in [0.25, 0.3) is 11.1 Å². The van der Waals surface area contributed by atoms with Crippen molar-refractivity contribution in [2.75, 3.05) is 57.1 Å². The first kappa shape index (κ1) is 27.6. The minimum absolute atomic E-state index is 0.0696. The number of carbonyl (C=O) groups is 3. The van der Waals surface area contributed by atoms with Gasteiger partial charge in [-0.3, -0.25) is 19.9 Å². The van der Waals surface area contributed by atoms with Gasteiger partial charge in [0.15, 0.2) is 0 Å². The van der Waals surface area contributed by atoms with Gasteiger partial charge in [-0.15, -0.1) is 0 Å². The van der Waals surface area contributed by atoms with Gasteiger partial charge in [0.25, 0.3) is 5.91 Å². The molecule has 204 valence electrons. The summed E-state index contributed by atoms with van der Waals surface area (Å²) in [6, 6.07) is 17.0. The average molecular weight is 532 g/mol.